The van der Waals surface area contributed by atoms with Gasteiger partial charge in [0.15, 0.2) is 5.13 Å². The van der Waals surface area contributed by atoms with Crippen LogP contribution in [0.15, 0.2) is 48.0 Å². The van der Waals surface area contributed by atoms with Gasteiger partial charge in [0.1, 0.15) is 11.6 Å². The first kappa shape index (κ1) is 18.7. The molecule has 3 heterocycles. The molecule has 1 fully saturated rings. The molecule has 0 aliphatic carbocycles. The van der Waals surface area contributed by atoms with E-state index in [0.717, 1.165) is 60.8 Å². The number of morpholine rings is 1. The van der Waals surface area contributed by atoms with Gasteiger partial charge in [-0.15, -0.1) is 11.3 Å². The van der Waals surface area contributed by atoms with Crippen molar-refractivity contribution in [3.05, 3.63) is 53.5 Å². The molecule has 1 saturated heterocycles. The Morgan fingerprint density at radius 3 is 2.61 bits per heavy atom. The summed E-state index contributed by atoms with van der Waals surface area (Å²) in [6.07, 6.45) is 1.91. The van der Waals surface area contributed by atoms with Crippen molar-refractivity contribution in [2.75, 3.05) is 50.3 Å². The Kier molecular flexibility index (Phi) is 5.73. The van der Waals surface area contributed by atoms with Gasteiger partial charge in [0.05, 0.1) is 26.0 Å². The van der Waals surface area contributed by atoms with Gasteiger partial charge in [0, 0.05) is 43.8 Å². The fourth-order valence-electron chi connectivity index (χ4n) is 3.16. The lowest BCUT2D eigenvalue weighted by molar-refractivity contribution is 0.122. The highest BCUT2D eigenvalue weighted by molar-refractivity contribution is 7.14. The number of methoxy groups -OCH3 is 1. The van der Waals surface area contributed by atoms with Gasteiger partial charge in [-0.25, -0.2) is 9.97 Å². The first-order chi connectivity index (χ1) is 13.7. The lowest BCUT2D eigenvalue weighted by atomic mass is 10.2. The molecule has 28 heavy (non-hydrogen) atoms. The number of aromatic nitrogens is 2. The van der Waals surface area contributed by atoms with Crippen LogP contribution in [0.5, 0.6) is 5.75 Å². The average molecular weight is 397 g/mol. The van der Waals surface area contributed by atoms with E-state index in [2.05, 4.69) is 51.5 Å². The summed E-state index contributed by atoms with van der Waals surface area (Å²) in [5.41, 5.74) is 3.22. The second-order valence-electron chi connectivity index (χ2n) is 6.72. The molecule has 1 aliphatic rings. The van der Waals surface area contributed by atoms with Crippen LogP contribution in [0.25, 0.3) is 11.3 Å². The monoisotopic (exact) mass is 396 g/mol. The number of nitrogens with zero attached hydrogens (tertiary/aromatic N) is 4. The maximum Gasteiger partial charge on any atom is 0.185 e. The zero-order valence-corrected chi connectivity index (χ0v) is 17.0. The number of hydrogen-bond donors (Lipinski definition) is 0. The second-order valence-corrected chi connectivity index (χ2v) is 7.56. The topological polar surface area (TPSA) is 50.7 Å². The van der Waals surface area contributed by atoms with Gasteiger partial charge in [-0.3, -0.25) is 0 Å². The van der Waals surface area contributed by atoms with Gasteiger partial charge in [-0.05, 0) is 29.8 Å². The normalized spacial score (nSPS) is 14.1. The number of benzene rings is 1. The van der Waals surface area contributed by atoms with Gasteiger partial charge < -0.3 is 19.3 Å². The number of pyridine rings is 1. The maximum absolute atomic E-state index is 5.40. The molecule has 3 aromatic rings. The fraction of sp³-hybridized carbons (Fsp3) is 0.333. The molecule has 0 bridgehead atoms. The van der Waals surface area contributed by atoms with Crippen LogP contribution in [-0.2, 0) is 11.3 Å². The zero-order valence-electron chi connectivity index (χ0n) is 16.2. The highest BCUT2D eigenvalue weighted by Crippen LogP contribution is 2.28. The maximum atomic E-state index is 5.40. The molecular formula is C21H24N4O2S. The molecule has 0 spiro atoms. The molecule has 0 atom stereocenters. The third-order valence-corrected chi connectivity index (χ3v) is 5.73. The standard InChI is InChI=1S/C21H24N4O2S/c1-24(14-16-3-6-18(26-2)7-4-16)21-23-19(15-28-21)17-5-8-20(22-13-17)25-9-11-27-12-10-25/h3-8,13,15H,9-12,14H2,1-2H3. The van der Waals surface area contributed by atoms with Crippen molar-refractivity contribution in [2.24, 2.45) is 0 Å². The van der Waals surface area contributed by atoms with Gasteiger partial charge in [-0.1, -0.05) is 12.1 Å². The summed E-state index contributed by atoms with van der Waals surface area (Å²) in [7, 11) is 3.74. The van der Waals surface area contributed by atoms with Gasteiger partial charge >= 0.3 is 0 Å². The second kappa shape index (κ2) is 8.58. The van der Waals surface area contributed by atoms with E-state index in [-0.39, 0.29) is 0 Å². The SMILES string of the molecule is COc1ccc(CN(C)c2nc(-c3ccc(N4CCOCC4)nc3)cs2)cc1. The summed E-state index contributed by atoms with van der Waals surface area (Å²) < 4.78 is 10.6. The van der Waals surface area contributed by atoms with Crippen molar-refractivity contribution in [3.63, 3.8) is 0 Å². The largest absolute Gasteiger partial charge is 0.497 e. The third-order valence-electron chi connectivity index (χ3n) is 4.78. The van der Waals surface area contributed by atoms with E-state index < -0.39 is 0 Å². The number of thiazole rings is 1. The summed E-state index contributed by atoms with van der Waals surface area (Å²) in [6.45, 7) is 4.11. The molecule has 7 heteroatoms. The highest BCUT2D eigenvalue weighted by Gasteiger charge is 2.14. The highest BCUT2D eigenvalue weighted by atomic mass is 32.1. The molecule has 0 unspecified atom stereocenters. The number of anilines is 2. The van der Waals surface area contributed by atoms with E-state index in [1.807, 2.05) is 18.3 Å². The van der Waals surface area contributed by atoms with Crippen LogP contribution in [0.4, 0.5) is 10.9 Å². The van der Waals surface area contributed by atoms with Crippen molar-refractivity contribution < 1.29 is 9.47 Å². The minimum Gasteiger partial charge on any atom is -0.497 e. The summed E-state index contributed by atoms with van der Waals surface area (Å²) in [5, 5.41) is 3.08. The number of ether oxygens (including phenoxy) is 2. The Labute approximate surface area is 169 Å². The van der Waals surface area contributed by atoms with Crippen LogP contribution in [0.1, 0.15) is 5.56 Å². The summed E-state index contributed by atoms with van der Waals surface area (Å²) in [6, 6.07) is 12.3. The molecule has 0 saturated carbocycles. The Balaban J connectivity index is 1.42. The van der Waals surface area contributed by atoms with E-state index in [4.69, 9.17) is 14.5 Å². The van der Waals surface area contributed by atoms with Crippen LogP contribution < -0.4 is 14.5 Å². The third kappa shape index (κ3) is 4.26. The lowest BCUT2D eigenvalue weighted by Crippen LogP contribution is -2.36. The summed E-state index contributed by atoms with van der Waals surface area (Å²) >= 11 is 1.65. The Morgan fingerprint density at radius 2 is 1.93 bits per heavy atom. The summed E-state index contributed by atoms with van der Waals surface area (Å²) in [4.78, 5) is 13.8. The van der Waals surface area contributed by atoms with Crippen molar-refractivity contribution in [1.82, 2.24) is 9.97 Å². The molecule has 1 aromatic carbocycles. The molecule has 0 N–H and O–H groups in total. The van der Waals surface area contributed by atoms with Crippen LogP contribution in [0.2, 0.25) is 0 Å². The number of hydrogen-bond acceptors (Lipinski definition) is 7. The first-order valence-corrected chi connectivity index (χ1v) is 10.2. The summed E-state index contributed by atoms with van der Waals surface area (Å²) in [5.74, 6) is 1.87. The van der Waals surface area contributed by atoms with Crippen LogP contribution in [-0.4, -0.2) is 50.4 Å². The predicted molar refractivity (Wildman–Crippen MR) is 113 cm³/mol. The van der Waals surface area contributed by atoms with Crippen molar-refractivity contribution in [1.29, 1.82) is 0 Å². The zero-order chi connectivity index (χ0) is 19.3. The molecule has 2 aromatic heterocycles. The molecule has 1 aliphatic heterocycles. The van der Waals surface area contributed by atoms with Crippen molar-refractivity contribution >= 4 is 22.3 Å². The van der Waals surface area contributed by atoms with E-state index in [0.29, 0.717) is 0 Å². The molecule has 4 rings (SSSR count). The van der Waals surface area contributed by atoms with E-state index >= 15 is 0 Å². The van der Waals surface area contributed by atoms with Gasteiger partial charge in [0.2, 0.25) is 0 Å². The molecule has 0 amide bonds. The molecular weight excluding hydrogens is 372 g/mol. The lowest BCUT2D eigenvalue weighted by Gasteiger charge is -2.27. The fourth-order valence-corrected chi connectivity index (χ4v) is 3.96. The van der Waals surface area contributed by atoms with Crippen LogP contribution in [0, 0.1) is 0 Å². The van der Waals surface area contributed by atoms with E-state index in [9.17, 15) is 0 Å². The van der Waals surface area contributed by atoms with Gasteiger partial charge in [-0.2, -0.15) is 0 Å². The quantitative estimate of drug-likeness (QED) is 0.633. The Morgan fingerprint density at radius 1 is 1.14 bits per heavy atom. The molecule has 6 nitrogen and oxygen atoms in total. The van der Waals surface area contributed by atoms with Gasteiger partial charge in [0.25, 0.3) is 0 Å². The van der Waals surface area contributed by atoms with Crippen LogP contribution >= 0.6 is 11.3 Å². The minimum atomic E-state index is 0.763. The van der Waals surface area contributed by atoms with Crippen LogP contribution in [0.3, 0.4) is 0 Å². The number of rotatable bonds is 6. The van der Waals surface area contributed by atoms with Crippen molar-refractivity contribution in [2.45, 2.75) is 6.54 Å². The Hall–Kier alpha value is -2.64. The molecule has 0 radical (unpaired) electrons. The first-order valence-electron chi connectivity index (χ1n) is 9.31. The van der Waals surface area contributed by atoms with E-state index in [1.54, 1.807) is 18.4 Å². The molecule has 146 valence electrons. The smallest absolute Gasteiger partial charge is 0.185 e. The van der Waals surface area contributed by atoms with E-state index in [1.165, 1.54) is 5.56 Å². The Bertz CT molecular complexity index is 890. The van der Waals surface area contributed by atoms with Crippen molar-refractivity contribution in [3.8, 4) is 17.0 Å². The predicted octanol–water partition coefficient (Wildman–Crippen LogP) is 3.69. The minimum absolute atomic E-state index is 0.763. The average Bonchev–Trinajstić information content (AvgIpc) is 3.26.